The Bertz CT molecular complexity index is 1480. The van der Waals surface area contributed by atoms with Crippen molar-refractivity contribution in [2.24, 2.45) is 5.41 Å². The molecular weight excluding hydrogens is 888 g/mol. The number of hydrogen-bond acceptors (Lipinski definition) is 8. The number of carbonyl (C=O) groups excluding carboxylic acids is 1. The maximum absolute atomic E-state index is 11.8. The Labute approximate surface area is 373 Å². The largest absolute Gasteiger partial charge is 2.00 e. The smallest absolute Gasteiger partial charge is 0.365 e. The van der Waals surface area contributed by atoms with E-state index < -0.39 is 0 Å². The topological polar surface area (TPSA) is 118 Å². The van der Waals surface area contributed by atoms with E-state index in [4.69, 9.17) is 0 Å². The molecule has 3 N–H and O–H groups in total. The summed E-state index contributed by atoms with van der Waals surface area (Å²) in [6.45, 7) is 52.9. The predicted octanol–water partition coefficient (Wildman–Crippen LogP) is 13.0. The van der Waals surface area contributed by atoms with E-state index in [1.54, 1.807) is 18.6 Å². The van der Waals surface area contributed by atoms with Crippen LogP contribution >= 0.6 is 0 Å². The van der Waals surface area contributed by atoms with Crippen LogP contribution in [0.1, 0.15) is 200 Å². The molecule has 0 aliphatic carbocycles. The monoisotopic (exact) mass is 977 g/mol. The summed E-state index contributed by atoms with van der Waals surface area (Å²) < 4.78 is 0. The first kappa shape index (κ1) is 61.7. The third-order valence-corrected chi connectivity index (χ3v) is 6.31. The Kier molecular flexibility index (Phi) is 26.6. The average Bonchev–Trinajstić information content (AvgIpc) is 2.93. The summed E-state index contributed by atoms with van der Waals surface area (Å²) >= 11 is 0. The van der Waals surface area contributed by atoms with E-state index >= 15 is 0 Å². The van der Waals surface area contributed by atoms with Gasteiger partial charge in [0.25, 0.3) is 5.91 Å². The normalized spacial score (nSPS) is 11.8. The molecule has 0 saturated heterocycles. The molecule has 0 spiro atoms. The number of amides is 1. The molecule has 0 unspecified atom stereocenters. The minimum Gasteiger partial charge on any atom is -0.365 e. The van der Waals surface area contributed by atoms with Gasteiger partial charge in [-0.1, -0.05) is 96.1 Å². The second-order valence-corrected chi connectivity index (χ2v) is 22.8. The molecule has 3 aromatic heterocycles. The van der Waals surface area contributed by atoms with Gasteiger partial charge in [-0.05, 0) is 102 Å². The molecule has 3 heterocycles. The Balaban J connectivity index is -0.000000336. The van der Waals surface area contributed by atoms with E-state index in [0.29, 0.717) is 11.1 Å². The molecule has 3 rings (SSSR count). The van der Waals surface area contributed by atoms with Gasteiger partial charge in [0, 0.05) is 34.3 Å². The molecule has 0 radical (unpaired) electrons. The van der Waals surface area contributed by atoms with Gasteiger partial charge >= 0.3 is 21.1 Å². The average molecular weight is 977 g/mol. The van der Waals surface area contributed by atoms with E-state index in [-0.39, 0.29) is 67.3 Å². The summed E-state index contributed by atoms with van der Waals surface area (Å²) in [5.41, 5.74) is 4.41. The van der Waals surface area contributed by atoms with Crippen molar-refractivity contribution in [2.75, 3.05) is 10.6 Å². The van der Waals surface area contributed by atoms with Gasteiger partial charge in [-0.3, -0.25) is 9.78 Å². The third-order valence-electron chi connectivity index (χ3n) is 6.31. The fraction of sp³-hybridized carbons (Fsp3) is 0.667. The summed E-state index contributed by atoms with van der Waals surface area (Å²) in [6.07, 6.45) is 5.22. The second kappa shape index (κ2) is 25.0. The van der Waals surface area contributed by atoms with Gasteiger partial charge in [0.15, 0.2) is 0 Å². The van der Waals surface area contributed by atoms with Crippen molar-refractivity contribution in [1.82, 2.24) is 30.5 Å². The molecule has 0 saturated carbocycles. The molecule has 0 atom stereocenters. The van der Waals surface area contributed by atoms with Crippen LogP contribution in [-0.4, -0.2) is 47.7 Å². The first-order valence-corrected chi connectivity index (χ1v) is 20.0. The van der Waals surface area contributed by atoms with Crippen molar-refractivity contribution in [1.29, 1.82) is 0 Å². The van der Waals surface area contributed by atoms with E-state index in [1.165, 1.54) is 11.5 Å². The fourth-order valence-electron chi connectivity index (χ4n) is 3.82. The zero-order chi connectivity index (χ0) is 44.7. The van der Waals surface area contributed by atoms with Crippen LogP contribution in [0, 0.1) is 18.8 Å². The molecule has 58 heavy (non-hydrogen) atoms. The van der Waals surface area contributed by atoms with Crippen LogP contribution in [0.25, 0.3) is 0 Å². The van der Waals surface area contributed by atoms with Crippen LogP contribution in [0.5, 0.6) is 0 Å². The molecule has 0 aliphatic rings. The van der Waals surface area contributed by atoms with Crippen molar-refractivity contribution in [3.63, 3.8) is 0 Å². The van der Waals surface area contributed by atoms with E-state index in [9.17, 15) is 4.79 Å². The molecule has 10 heteroatoms. The number of rotatable bonds is 3. The Morgan fingerprint density at radius 3 is 1.33 bits per heavy atom. The Morgan fingerprint density at radius 2 is 0.983 bits per heavy atom. The molecule has 0 bridgehead atoms. The van der Waals surface area contributed by atoms with Gasteiger partial charge < -0.3 is 29.3 Å². The van der Waals surface area contributed by atoms with Gasteiger partial charge in [0.1, 0.15) is 23.7 Å². The molecule has 9 nitrogen and oxygen atoms in total. The summed E-state index contributed by atoms with van der Waals surface area (Å²) in [6, 6.07) is 7.83. The minimum absolute atomic E-state index is 0. The summed E-state index contributed by atoms with van der Waals surface area (Å²) in [5.74, 6) is 3.02. The van der Waals surface area contributed by atoms with Crippen LogP contribution in [0.4, 0.5) is 11.6 Å². The van der Waals surface area contributed by atoms with E-state index in [1.807, 2.05) is 39.1 Å². The van der Waals surface area contributed by atoms with Crippen LogP contribution in [0.3, 0.4) is 0 Å². The van der Waals surface area contributed by atoms with Gasteiger partial charge in [-0.25, -0.2) is 9.97 Å². The molecule has 3 aromatic rings. The summed E-state index contributed by atoms with van der Waals surface area (Å²) in [4.78, 5) is 24.6. The van der Waals surface area contributed by atoms with Gasteiger partial charge in [-0.2, -0.15) is 25.9 Å². The zero-order valence-corrected chi connectivity index (χ0v) is 45.0. The number of hydrogen-bond donors (Lipinski definition) is 3. The number of carbonyl (C=O) groups is 1. The summed E-state index contributed by atoms with van der Waals surface area (Å²) in [7, 11) is 0. The van der Waals surface area contributed by atoms with E-state index in [2.05, 4.69) is 199 Å². The van der Waals surface area contributed by atoms with Gasteiger partial charge in [0.05, 0.1) is 11.9 Å². The second-order valence-electron chi connectivity index (χ2n) is 22.8. The van der Waals surface area contributed by atoms with Gasteiger partial charge in [0.2, 0.25) is 0 Å². The fourth-order valence-corrected chi connectivity index (χ4v) is 3.82. The van der Waals surface area contributed by atoms with Crippen LogP contribution in [0.2, 0.25) is 0 Å². The van der Waals surface area contributed by atoms with Crippen LogP contribution in [0.15, 0.2) is 43.0 Å². The molecular formula is C48H88N8OW. The van der Waals surface area contributed by atoms with E-state index in [0.717, 1.165) is 22.9 Å². The zero-order valence-electron chi connectivity index (χ0n) is 42.1. The number of nitrogens with zero attached hydrogens (tertiary/aromatic N) is 5. The molecule has 0 aliphatic heterocycles. The van der Waals surface area contributed by atoms with Crippen molar-refractivity contribution in [2.45, 2.75) is 206 Å². The Morgan fingerprint density at radius 1 is 0.552 bits per heavy atom. The standard InChI is InChI=1S/C14H22N2O.2C12H21N3.C5H12.C4H9.CH3.W/c1-13(2,3)10-7-8-11(15-9-10)12(17)16-14(4,5)6;1-11(2,3)9-7-10(14-8-13-9)15-12(4,5)6;1-11(2,3)9-7-10(15-13-8-9)14-12(4,5)6;1-5(2,3)4;1-4(2)3;;/h7-9H,1-6H3,(H,16,17);7-8H,1-6H3,(H,13,14,15);7-8H,1-6H3,(H,14,15);1-4H3;1-3H3;1H3;/q;;;;2*-1;+2. The number of nitrogens with one attached hydrogen (secondary N) is 3. The quantitative estimate of drug-likeness (QED) is 0.222. The summed E-state index contributed by atoms with van der Waals surface area (Å²) in [5, 5.41) is 17.7. The van der Waals surface area contributed by atoms with Crippen molar-refractivity contribution in [3.05, 3.63) is 78.8 Å². The number of pyridine rings is 1. The minimum atomic E-state index is -0.235. The van der Waals surface area contributed by atoms with Crippen LogP contribution < -0.4 is 16.0 Å². The maximum atomic E-state index is 11.8. The molecule has 0 aromatic carbocycles. The first-order valence-electron chi connectivity index (χ1n) is 20.0. The predicted molar refractivity (Wildman–Crippen MR) is 250 cm³/mol. The Hall–Kier alpha value is -2.93. The molecule has 332 valence electrons. The van der Waals surface area contributed by atoms with Crippen molar-refractivity contribution < 1.29 is 25.9 Å². The van der Waals surface area contributed by atoms with Gasteiger partial charge in [-0.15, -0.1) is 5.10 Å². The maximum Gasteiger partial charge on any atom is 2.00 e. The first-order chi connectivity index (χ1) is 24.7. The van der Waals surface area contributed by atoms with Crippen molar-refractivity contribution >= 4 is 17.5 Å². The number of anilines is 2. The third kappa shape index (κ3) is 35.1. The van der Waals surface area contributed by atoms with Crippen LogP contribution in [-0.2, 0) is 37.3 Å². The molecule has 1 amide bonds. The number of aromatic nitrogens is 5. The van der Waals surface area contributed by atoms with Crippen molar-refractivity contribution in [3.8, 4) is 0 Å². The SMILES string of the molecule is CC(C)(C)C.CC(C)(C)NC(=O)c1ccc(C(C)(C)C)cn1.CC(C)(C)Nc1cc(C(C)(C)C)cnn1.CC(C)(C)Nc1cc(C(C)(C)C)ncn1.C[C-](C)C.[CH3-].[W+2]. The molecule has 0 fully saturated rings.